The summed E-state index contributed by atoms with van der Waals surface area (Å²) in [7, 11) is 0. The van der Waals surface area contributed by atoms with Gasteiger partial charge in [0.05, 0.1) is 18.4 Å². The number of hydrogen-bond donors (Lipinski definition) is 5. The minimum Gasteiger partial charge on any atom is -0.504 e. The first-order chi connectivity index (χ1) is 12.8. The summed E-state index contributed by atoms with van der Waals surface area (Å²) < 4.78 is 5.43. The molecule has 2 rings (SSSR count). The van der Waals surface area contributed by atoms with Crippen molar-refractivity contribution in [1.29, 1.82) is 0 Å². The van der Waals surface area contributed by atoms with Crippen LogP contribution in [-0.4, -0.2) is 40.0 Å². The molecule has 2 aromatic carbocycles. The van der Waals surface area contributed by atoms with Gasteiger partial charge in [-0.15, -0.1) is 0 Å². The van der Waals surface area contributed by atoms with Crippen molar-refractivity contribution in [3.63, 3.8) is 0 Å². The minimum absolute atomic E-state index is 0.208. The highest BCUT2D eigenvalue weighted by molar-refractivity contribution is 5.98. The number of hydrogen-bond acceptors (Lipinski definition) is 7. The first-order valence-electron chi connectivity index (χ1n) is 7.94. The van der Waals surface area contributed by atoms with Crippen molar-refractivity contribution in [1.82, 2.24) is 5.43 Å². The average molecular weight is 373 g/mol. The molecule has 142 valence electrons. The van der Waals surface area contributed by atoms with E-state index in [0.29, 0.717) is 12.3 Å². The third-order valence-electron chi connectivity index (χ3n) is 3.32. The van der Waals surface area contributed by atoms with Crippen LogP contribution in [-0.2, 0) is 4.79 Å². The van der Waals surface area contributed by atoms with E-state index < -0.39 is 23.2 Å². The van der Waals surface area contributed by atoms with E-state index >= 15 is 0 Å². The monoisotopic (exact) mass is 373 g/mol. The Hall–Kier alpha value is -3.75. The molecule has 0 aliphatic heterocycles. The molecule has 0 saturated carbocycles. The Bertz CT molecular complexity index is 872. The molecule has 0 aliphatic carbocycles. The summed E-state index contributed by atoms with van der Waals surface area (Å²) >= 11 is 0. The molecule has 0 aromatic heterocycles. The van der Waals surface area contributed by atoms with Crippen LogP contribution in [0.4, 0.5) is 5.69 Å². The summed E-state index contributed by atoms with van der Waals surface area (Å²) in [6.45, 7) is 3.45. The van der Waals surface area contributed by atoms with E-state index in [4.69, 9.17) is 4.74 Å². The van der Waals surface area contributed by atoms with Gasteiger partial charge in [-0.1, -0.05) is 0 Å². The third kappa shape index (κ3) is 5.11. The van der Waals surface area contributed by atoms with Crippen LogP contribution in [0.5, 0.6) is 23.0 Å². The number of aromatic hydroxyl groups is 3. The highest BCUT2D eigenvalue weighted by atomic mass is 16.5. The molecular formula is C18H19N3O6. The van der Waals surface area contributed by atoms with Crippen molar-refractivity contribution in [3.8, 4) is 23.0 Å². The predicted octanol–water partition coefficient (Wildman–Crippen LogP) is 1.92. The number of amides is 2. The molecule has 0 spiro atoms. The molecule has 5 N–H and O–H groups in total. The average Bonchev–Trinajstić information content (AvgIpc) is 2.59. The maximum Gasteiger partial charge on any atom is 0.275 e. The van der Waals surface area contributed by atoms with Gasteiger partial charge in [-0.2, -0.15) is 5.10 Å². The summed E-state index contributed by atoms with van der Waals surface area (Å²) in [5.74, 6) is -2.21. The number of ether oxygens (including phenoxy) is 1. The second-order valence-electron chi connectivity index (χ2n) is 5.43. The Kier molecular flexibility index (Phi) is 6.21. The van der Waals surface area contributed by atoms with Gasteiger partial charge >= 0.3 is 0 Å². The van der Waals surface area contributed by atoms with Gasteiger partial charge in [0.2, 0.25) is 5.91 Å². The molecule has 0 heterocycles. The number of phenolic OH excluding ortho intramolecular Hbond substituents is 3. The molecule has 0 fully saturated rings. The Morgan fingerprint density at radius 1 is 1.15 bits per heavy atom. The van der Waals surface area contributed by atoms with Crippen LogP contribution in [0.3, 0.4) is 0 Å². The molecule has 0 saturated heterocycles. The van der Waals surface area contributed by atoms with Crippen molar-refractivity contribution in [3.05, 3.63) is 41.5 Å². The van der Waals surface area contributed by atoms with Crippen molar-refractivity contribution >= 4 is 23.7 Å². The van der Waals surface area contributed by atoms with E-state index in [0.717, 1.165) is 0 Å². The Morgan fingerprint density at radius 2 is 1.81 bits per heavy atom. The lowest BCUT2D eigenvalue weighted by Crippen LogP contribution is -2.19. The predicted molar refractivity (Wildman–Crippen MR) is 98.4 cm³/mol. The van der Waals surface area contributed by atoms with Crippen LogP contribution in [0.1, 0.15) is 29.8 Å². The maximum absolute atomic E-state index is 12.3. The number of benzene rings is 2. The van der Waals surface area contributed by atoms with Crippen molar-refractivity contribution in [2.24, 2.45) is 5.10 Å². The molecule has 2 amide bonds. The molecule has 0 radical (unpaired) electrons. The first-order valence-corrected chi connectivity index (χ1v) is 7.94. The number of phenols is 3. The van der Waals surface area contributed by atoms with Gasteiger partial charge in [0, 0.05) is 24.2 Å². The number of nitrogens with one attached hydrogen (secondary N) is 2. The van der Waals surface area contributed by atoms with Gasteiger partial charge in [-0.05, 0) is 31.2 Å². The SMILES string of the molecule is CCOc1cc(NC(C)=O)ccc1C(=O)NN=Cc1cc(O)c(O)c(O)c1. The highest BCUT2D eigenvalue weighted by Gasteiger charge is 2.13. The standard InChI is InChI=1S/C18H19N3O6/c1-3-27-16-8-12(20-10(2)22)4-5-13(16)18(26)21-19-9-11-6-14(23)17(25)15(24)7-11/h4-9,23-25H,3H2,1-2H3,(H,20,22)(H,21,26). The normalized spacial score (nSPS) is 10.6. The molecule has 0 unspecified atom stereocenters. The van der Waals surface area contributed by atoms with E-state index in [9.17, 15) is 24.9 Å². The summed E-state index contributed by atoms with van der Waals surface area (Å²) in [4.78, 5) is 23.5. The quantitative estimate of drug-likeness (QED) is 0.298. The Balaban J connectivity index is 2.16. The number of hydrazone groups is 1. The zero-order valence-electron chi connectivity index (χ0n) is 14.7. The molecular weight excluding hydrogens is 354 g/mol. The first kappa shape index (κ1) is 19.6. The zero-order chi connectivity index (χ0) is 20.0. The summed E-state index contributed by atoms with van der Waals surface area (Å²) in [6, 6.07) is 6.90. The lowest BCUT2D eigenvalue weighted by atomic mass is 10.1. The molecule has 27 heavy (non-hydrogen) atoms. The van der Waals surface area contributed by atoms with Gasteiger partial charge < -0.3 is 25.4 Å². The van der Waals surface area contributed by atoms with E-state index in [1.807, 2.05) is 0 Å². The topological polar surface area (TPSA) is 140 Å². The second kappa shape index (κ2) is 8.56. The zero-order valence-corrected chi connectivity index (χ0v) is 14.7. The van der Waals surface area contributed by atoms with Gasteiger partial charge in [0.25, 0.3) is 5.91 Å². The van der Waals surface area contributed by atoms with E-state index in [1.54, 1.807) is 13.0 Å². The molecule has 0 atom stereocenters. The third-order valence-corrected chi connectivity index (χ3v) is 3.32. The number of rotatable bonds is 6. The fourth-order valence-corrected chi connectivity index (χ4v) is 2.19. The molecule has 0 aliphatic rings. The molecule has 2 aromatic rings. The fraction of sp³-hybridized carbons (Fsp3) is 0.167. The fourth-order valence-electron chi connectivity index (χ4n) is 2.19. The number of nitrogens with zero attached hydrogens (tertiary/aromatic N) is 1. The summed E-state index contributed by atoms with van der Waals surface area (Å²) in [5.41, 5.74) is 3.25. The van der Waals surface area contributed by atoms with E-state index in [1.165, 1.54) is 37.4 Å². The van der Waals surface area contributed by atoms with Crippen LogP contribution in [0.2, 0.25) is 0 Å². The van der Waals surface area contributed by atoms with E-state index in [-0.39, 0.29) is 22.8 Å². The van der Waals surface area contributed by atoms with Gasteiger partial charge in [0.1, 0.15) is 5.75 Å². The highest BCUT2D eigenvalue weighted by Crippen LogP contribution is 2.34. The minimum atomic E-state index is -0.642. The largest absolute Gasteiger partial charge is 0.504 e. The number of anilines is 1. The number of carbonyl (C=O) groups is 2. The molecule has 0 bridgehead atoms. The molecule has 9 nitrogen and oxygen atoms in total. The lowest BCUT2D eigenvalue weighted by Gasteiger charge is -2.11. The number of carbonyl (C=O) groups excluding carboxylic acids is 2. The van der Waals surface area contributed by atoms with Gasteiger partial charge in [-0.3, -0.25) is 9.59 Å². The summed E-state index contributed by atoms with van der Waals surface area (Å²) in [6.07, 6.45) is 1.18. The van der Waals surface area contributed by atoms with Crippen molar-refractivity contribution in [2.45, 2.75) is 13.8 Å². The van der Waals surface area contributed by atoms with E-state index in [2.05, 4.69) is 15.8 Å². The van der Waals surface area contributed by atoms with Gasteiger partial charge in [0.15, 0.2) is 17.2 Å². The van der Waals surface area contributed by atoms with Crippen LogP contribution < -0.4 is 15.5 Å². The smallest absolute Gasteiger partial charge is 0.275 e. The van der Waals surface area contributed by atoms with Crippen molar-refractivity contribution in [2.75, 3.05) is 11.9 Å². The maximum atomic E-state index is 12.3. The lowest BCUT2D eigenvalue weighted by molar-refractivity contribution is -0.114. The van der Waals surface area contributed by atoms with Crippen LogP contribution in [0, 0.1) is 0 Å². The van der Waals surface area contributed by atoms with Crippen LogP contribution >= 0.6 is 0 Å². The van der Waals surface area contributed by atoms with Crippen molar-refractivity contribution < 1.29 is 29.6 Å². The second-order valence-corrected chi connectivity index (χ2v) is 5.43. The van der Waals surface area contributed by atoms with Crippen LogP contribution in [0.15, 0.2) is 35.4 Å². The van der Waals surface area contributed by atoms with Crippen LogP contribution in [0.25, 0.3) is 0 Å². The Morgan fingerprint density at radius 3 is 2.41 bits per heavy atom. The molecule has 9 heteroatoms. The van der Waals surface area contributed by atoms with Gasteiger partial charge in [-0.25, -0.2) is 5.43 Å². The Labute approximate surface area is 154 Å². The summed E-state index contributed by atoms with van der Waals surface area (Å²) in [5, 5.41) is 34.5.